The Hall–Kier alpha value is -4.47. The lowest BCUT2D eigenvalue weighted by Crippen LogP contribution is -2.42. The number of anilines is 1. The SMILES string of the molecule is C=CC(=O)N1CCC[C@@H](n2c(=O)n(-c3ccc(Oc4nccc[nH+]4)cc3)c3c(N)nccc32)C1. The zero-order valence-electron chi connectivity index (χ0n) is 18.4. The molecule has 1 amide bonds. The number of H-pyrrole nitrogens is 1. The van der Waals surface area contributed by atoms with Crippen LogP contribution in [0.5, 0.6) is 11.8 Å². The lowest BCUT2D eigenvalue weighted by molar-refractivity contribution is -0.396. The second-order valence-electron chi connectivity index (χ2n) is 8.02. The van der Waals surface area contributed by atoms with Crippen molar-refractivity contribution in [2.45, 2.75) is 18.9 Å². The number of imidazole rings is 1. The monoisotopic (exact) mass is 458 g/mol. The van der Waals surface area contributed by atoms with E-state index in [2.05, 4.69) is 21.5 Å². The average molecular weight is 459 g/mol. The number of nitrogens with two attached hydrogens (primary N) is 1. The van der Waals surface area contributed by atoms with Gasteiger partial charge in [0.25, 0.3) is 0 Å². The summed E-state index contributed by atoms with van der Waals surface area (Å²) in [5.41, 5.74) is 7.84. The second kappa shape index (κ2) is 8.81. The number of hydrogen-bond acceptors (Lipinski definition) is 6. The van der Waals surface area contributed by atoms with Gasteiger partial charge >= 0.3 is 11.7 Å². The number of ether oxygens (including phenoxy) is 1. The van der Waals surface area contributed by atoms with E-state index in [1.54, 1.807) is 69.0 Å². The molecule has 172 valence electrons. The van der Waals surface area contributed by atoms with Crippen LogP contribution in [0, 0.1) is 0 Å². The van der Waals surface area contributed by atoms with E-state index in [4.69, 9.17) is 10.5 Å². The number of carbonyl (C=O) groups is 1. The van der Waals surface area contributed by atoms with E-state index in [0.29, 0.717) is 41.6 Å². The van der Waals surface area contributed by atoms with E-state index in [0.717, 1.165) is 12.8 Å². The van der Waals surface area contributed by atoms with Gasteiger partial charge in [-0.15, -0.1) is 0 Å². The Bertz CT molecular complexity index is 1410. The van der Waals surface area contributed by atoms with Gasteiger partial charge in [-0.25, -0.2) is 14.8 Å². The molecule has 1 aliphatic rings. The smallest absolute Gasteiger partial charge is 0.389 e. The molecule has 5 rings (SSSR count). The van der Waals surface area contributed by atoms with Crippen LogP contribution >= 0.6 is 0 Å². The average Bonchev–Trinajstić information content (AvgIpc) is 3.17. The third-order valence-corrected chi connectivity index (χ3v) is 5.95. The third-order valence-electron chi connectivity index (χ3n) is 5.95. The summed E-state index contributed by atoms with van der Waals surface area (Å²) >= 11 is 0. The van der Waals surface area contributed by atoms with Gasteiger partial charge in [-0.3, -0.25) is 13.9 Å². The highest BCUT2D eigenvalue weighted by Gasteiger charge is 2.28. The van der Waals surface area contributed by atoms with Crippen molar-refractivity contribution in [1.82, 2.24) is 24.0 Å². The first-order valence-electron chi connectivity index (χ1n) is 11.0. The fourth-order valence-corrected chi connectivity index (χ4v) is 4.42. The van der Waals surface area contributed by atoms with Crippen LogP contribution in [0.4, 0.5) is 5.82 Å². The van der Waals surface area contributed by atoms with Crippen LogP contribution in [0.2, 0.25) is 0 Å². The van der Waals surface area contributed by atoms with Crippen LogP contribution in [-0.2, 0) is 4.79 Å². The van der Waals surface area contributed by atoms with Gasteiger partial charge in [0.15, 0.2) is 0 Å². The molecule has 1 fully saturated rings. The van der Waals surface area contributed by atoms with Crippen LogP contribution in [0.3, 0.4) is 0 Å². The standard InChI is InChI=1S/C24H23N7O3/c1-2-20(32)29-14-3-5-17(15-29)30-19-10-13-26-22(25)21(19)31(24(30)33)16-6-8-18(9-7-16)34-23-27-11-4-12-28-23/h2,4,6-13,17H,1,3,5,14-15H2,(H2,25,26)/p+1/t17-/m1/s1. The van der Waals surface area contributed by atoms with Gasteiger partial charge in [0.2, 0.25) is 5.91 Å². The summed E-state index contributed by atoms with van der Waals surface area (Å²) in [5, 5.41) is 0. The molecule has 0 radical (unpaired) electrons. The lowest BCUT2D eigenvalue weighted by atomic mass is 10.1. The number of likely N-dealkylation sites (tertiary alicyclic amines) is 1. The van der Waals surface area contributed by atoms with E-state index in [-0.39, 0.29) is 23.5 Å². The highest BCUT2D eigenvalue weighted by Crippen LogP contribution is 2.29. The van der Waals surface area contributed by atoms with Crippen molar-refractivity contribution < 1.29 is 14.5 Å². The summed E-state index contributed by atoms with van der Waals surface area (Å²) in [5.74, 6) is 0.683. The molecule has 3 aromatic heterocycles. The molecule has 10 nitrogen and oxygen atoms in total. The van der Waals surface area contributed by atoms with Crippen molar-refractivity contribution in [1.29, 1.82) is 0 Å². The molecule has 0 saturated carbocycles. The molecule has 1 atom stereocenters. The van der Waals surface area contributed by atoms with E-state index >= 15 is 0 Å². The Morgan fingerprint density at radius 1 is 1.21 bits per heavy atom. The quantitative estimate of drug-likeness (QED) is 0.457. The number of nitrogens with one attached hydrogen (secondary N) is 1. The van der Waals surface area contributed by atoms with E-state index in [1.807, 2.05) is 0 Å². The summed E-state index contributed by atoms with van der Waals surface area (Å²) in [4.78, 5) is 38.9. The van der Waals surface area contributed by atoms with Crippen LogP contribution in [0.25, 0.3) is 16.7 Å². The maximum Gasteiger partial charge on any atom is 0.501 e. The van der Waals surface area contributed by atoms with E-state index in [1.165, 1.54) is 6.08 Å². The first kappa shape index (κ1) is 21.4. The van der Waals surface area contributed by atoms with Crippen LogP contribution < -0.4 is 21.1 Å². The van der Waals surface area contributed by atoms with Crippen molar-refractivity contribution in [2.24, 2.45) is 0 Å². The maximum absolute atomic E-state index is 13.7. The number of hydrogen-bond donors (Lipinski definition) is 1. The molecule has 0 spiro atoms. The summed E-state index contributed by atoms with van der Waals surface area (Å²) in [7, 11) is 0. The van der Waals surface area contributed by atoms with Gasteiger partial charge in [-0.1, -0.05) is 6.58 Å². The lowest BCUT2D eigenvalue weighted by Gasteiger charge is -2.32. The predicted molar refractivity (Wildman–Crippen MR) is 126 cm³/mol. The van der Waals surface area contributed by atoms with Crippen molar-refractivity contribution in [3.63, 3.8) is 0 Å². The molecule has 10 heteroatoms. The summed E-state index contributed by atoms with van der Waals surface area (Å²) < 4.78 is 9.00. The fraction of sp³-hybridized carbons (Fsp3) is 0.208. The number of nitrogen functional groups attached to an aromatic ring is 1. The number of amides is 1. The van der Waals surface area contributed by atoms with Crippen molar-refractivity contribution in [2.75, 3.05) is 18.8 Å². The molecule has 1 aromatic carbocycles. The van der Waals surface area contributed by atoms with Gasteiger partial charge in [0.1, 0.15) is 23.3 Å². The number of rotatable bonds is 5. The Kier molecular flexibility index (Phi) is 5.54. The van der Waals surface area contributed by atoms with Gasteiger partial charge in [0.05, 0.1) is 23.4 Å². The number of aromatic amines is 1. The molecule has 4 aromatic rings. The van der Waals surface area contributed by atoms with Gasteiger partial charge in [-0.2, -0.15) is 0 Å². The zero-order chi connectivity index (χ0) is 23.7. The van der Waals surface area contributed by atoms with E-state index < -0.39 is 0 Å². The van der Waals surface area contributed by atoms with Gasteiger partial charge in [-0.05, 0) is 54.2 Å². The number of pyridine rings is 1. The van der Waals surface area contributed by atoms with Crippen molar-refractivity contribution in [3.05, 3.63) is 78.1 Å². The Morgan fingerprint density at radius 3 is 2.76 bits per heavy atom. The summed E-state index contributed by atoms with van der Waals surface area (Å²) in [6, 6.07) is 10.8. The number of fused-ring (bicyclic) bond motifs is 1. The number of carbonyl (C=O) groups excluding carboxylic acids is 1. The third kappa shape index (κ3) is 3.79. The first-order valence-corrected chi connectivity index (χ1v) is 11.0. The molecule has 0 aliphatic carbocycles. The summed E-state index contributed by atoms with van der Waals surface area (Å²) in [6.45, 7) is 4.66. The molecule has 1 saturated heterocycles. The van der Waals surface area contributed by atoms with Gasteiger partial charge < -0.3 is 15.4 Å². The highest BCUT2D eigenvalue weighted by atomic mass is 16.5. The minimum Gasteiger partial charge on any atom is -0.389 e. The molecule has 34 heavy (non-hydrogen) atoms. The molecule has 1 aliphatic heterocycles. The molecule has 0 bridgehead atoms. The van der Waals surface area contributed by atoms with Crippen LogP contribution in [-0.4, -0.2) is 43.0 Å². The molecule has 4 heterocycles. The Labute approximate surface area is 194 Å². The first-order chi connectivity index (χ1) is 16.6. The number of benzene rings is 1. The second-order valence-corrected chi connectivity index (χ2v) is 8.02. The minimum atomic E-state index is -0.237. The highest BCUT2D eigenvalue weighted by molar-refractivity contribution is 5.88. The van der Waals surface area contributed by atoms with Crippen LogP contribution in [0.1, 0.15) is 18.9 Å². The largest absolute Gasteiger partial charge is 0.501 e. The normalized spacial score (nSPS) is 15.9. The Morgan fingerprint density at radius 2 is 2.03 bits per heavy atom. The number of piperidine rings is 1. The molecule has 0 unspecified atom stereocenters. The minimum absolute atomic E-state index is 0.136. The van der Waals surface area contributed by atoms with Crippen molar-refractivity contribution in [3.8, 4) is 17.4 Å². The Balaban J connectivity index is 1.56. The summed E-state index contributed by atoms with van der Waals surface area (Å²) in [6.07, 6.45) is 7.81. The van der Waals surface area contributed by atoms with Crippen LogP contribution in [0.15, 0.2) is 72.4 Å². The number of nitrogens with zero attached hydrogens (tertiary/aromatic N) is 5. The maximum atomic E-state index is 13.7. The molecule has 3 N–H and O–H groups in total. The number of aromatic nitrogens is 5. The van der Waals surface area contributed by atoms with Gasteiger partial charge in [0, 0.05) is 25.4 Å². The topological polar surface area (TPSA) is 122 Å². The predicted octanol–water partition coefficient (Wildman–Crippen LogP) is 2.12. The zero-order valence-corrected chi connectivity index (χ0v) is 18.4. The molecular formula is C24H24N7O3+. The van der Waals surface area contributed by atoms with E-state index in [9.17, 15) is 9.59 Å². The van der Waals surface area contributed by atoms with Crippen molar-refractivity contribution >= 4 is 22.8 Å². The molecular weight excluding hydrogens is 434 g/mol. The fourth-order valence-electron chi connectivity index (χ4n) is 4.42.